The predicted molar refractivity (Wildman–Crippen MR) is 125 cm³/mol. The lowest BCUT2D eigenvalue weighted by Crippen LogP contribution is -2.43. The van der Waals surface area contributed by atoms with Crippen molar-refractivity contribution in [3.05, 3.63) is 47.3 Å². The summed E-state index contributed by atoms with van der Waals surface area (Å²) in [4.78, 5) is 48.2. The van der Waals surface area contributed by atoms with Gasteiger partial charge >= 0.3 is 11.9 Å². The fraction of sp³-hybridized carbons (Fsp3) is 0.520. The van der Waals surface area contributed by atoms with Gasteiger partial charge in [-0.3, -0.25) is 9.59 Å². The second-order valence-corrected chi connectivity index (χ2v) is 10.0. The molecule has 0 radical (unpaired) electrons. The number of aliphatic carboxylic acids is 2. The topological polar surface area (TPSA) is 141 Å². The Hall–Kier alpha value is -3.41. The van der Waals surface area contributed by atoms with Gasteiger partial charge in [0, 0.05) is 61.6 Å². The number of hydrogen-bond donors (Lipinski definition) is 3. The van der Waals surface area contributed by atoms with Crippen LogP contribution in [0.25, 0.3) is 0 Å². The Morgan fingerprint density at radius 3 is 2.22 bits per heavy atom. The lowest BCUT2D eigenvalue weighted by atomic mass is 10.0. The van der Waals surface area contributed by atoms with Crippen molar-refractivity contribution in [3.8, 4) is 0 Å². The molecule has 1 saturated carbocycles. The third-order valence-corrected chi connectivity index (χ3v) is 7.05. The number of benzene rings is 1. The smallest absolute Gasteiger partial charge is 0.328 e. The molecule has 3 atom stereocenters. The number of halogens is 3. The molecule has 4 rings (SSSR count). The average molecular weight is 526 g/mol. The number of carbonyl (C=O) groups is 4. The monoisotopic (exact) mass is 525 g/mol. The highest BCUT2D eigenvalue weighted by Gasteiger charge is 2.52. The Bertz CT molecular complexity index is 1090. The zero-order valence-corrected chi connectivity index (χ0v) is 20.3. The first-order valence-electron chi connectivity index (χ1n) is 11.9. The van der Waals surface area contributed by atoms with Crippen molar-refractivity contribution < 1.29 is 42.6 Å². The normalized spacial score (nSPS) is 22.3. The van der Waals surface area contributed by atoms with E-state index in [0.717, 1.165) is 25.3 Å². The van der Waals surface area contributed by atoms with Crippen LogP contribution in [0.3, 0.4) is 0 Å². The number of carboxylic acids is 2. The fourth-order valence-electron chi connectivity index (χ4n) is 4.78. The van der Waals surface area contributed by atoms with Gasteiger partial charge in [0.25, 0.3) is 0 Å². The lowest BCUT2D eigenvalue weighted by molar-refractivity contribution is -0.137. The van der Waals surface area contributed by atoms with Crippen LogP contribution in [-0.2, 0) is 25.6 Å². The number of fused-ring (bicyclic) bond motifs is 1. The van der Waals surface area contributed by atoms with Crippen molar-refractivity contribution in [2.75, 3.05) is 19.6 Å². The summed E-state index contributed by atoms with van der Waals surface area (Å²) in [5, 5.41) is 15.6. The van der Waals surface area contributed by atoms with E-state index in [2.05, 4.69) is 0 Å². The number of amides is 2. The van der Waals surface area contributed by atoms with E-state index in [1.807, 2.05) is 11.8 Å². The van der Waals surface area contributed by atoms with Crippen LogP contribution < -0.4 is 5.73 Å². The zero-order chi connectivity index (χ0) is 27.5. The fourth-order valence-corrected chi connectivity index (χ4v) is 4.78. The molecule has 9 nitrogen and oxygen atoms in total. The number of carboxylic acid groups (broad SMARTS) is 2. The quantitative estimate of drug-likeness (QED) is 0.365. The maximum Gasteiger partial charge on any atom is 0.328 e. The SMILES string of the molecule is CC1(C(=O)N2C[C@@H]3CCN(C(=O)C[C@H](N)Cc4cc(F)c(F)cc4F)[C@@H]3C2)CC1.O=C(O)C=CC(=O)O. The molecule has 202 valence electrons. The largest absolute Gasteiger partial charge is 0.478 e. The van der Waals surface area contributed by atoms with Gasteiger partial charge in [0.15, 0.2) is 11.6 Å². The van der Waals surface area contributed by atoms with Crippen LogP contribution in [0.1, 0.15) is 38.2 Å². The molecular formula is C25H30F3N3O6. The molecule has 1 aromatic rings. The van der Waals surface area contributed by atoms with Crippen molar-refractivity contribution in [1.29, 1.82) is 0 Å². The predicted octanol–water partition coefficient (Wildman–Crippen LogP) is 1.93. The summed E-state index contributed by atoms with van der Waals surface area (Å²) in [6.45, 7) is 3.86. The third kappa shape index (κ3) is 7.09. The van der Waals surface area contributed by atoms with E-state index < -0.39 is 35.4 Å². The van der Waals surface area contributed by atoms with E-state index in [1.54, 1.807) is 4.90 Å². The van der Waals surface area contributed by atoms with Crippen molar-refractivity contribution in [2.24, 2.45) is 17.1 Å². The van der Waals surface area contributed by atoms with Gasteiger partial charge in [0.05, 0.1) is 6.04 Å². The Labute approximate surface area is 211 Å². The van der Waals surface area contributed by atoms with Gasteiger partial charge in [-0.05, 0) is 37.3 Å². The maximum atomic E-state index is 13.8. The Kier molecular flexibility index (Phi) is 8.62. The standard InChI is InChI=1S/C21H26F3N3O2.C4H4O4/c1-21(3-4-21)20(29)26-10-12-2-5-27(18(12)11-26)19(28)8-14(25)6-13-7-16(23)17(24)9-15(13)22;5-3(6)1-2-4(7)8/h7,9,12,14,18H,2-6,8,10-11,25H2,1H3;1-2H,(H,5,6)(H,7,8)/t12-,14+,18+;/m0./s1. The molecule has 4 N–H and O–H groups in total. The summed E-state index contributed by atoms with van der Waals surface area (Å²) >= 11 is 0. The summed E-state index contributed by atoms with van der Waals surface area (Å²) in [6, 6.07) is 0.584. The molecule has 2 amide bonds. The molecule has 3 aliphatic rings. The second-order valence-electron chi connectivity index (χ2n) is 10.0. The van der Waals surface area contributed by atoms with E-state index in [9.17, 15) is 32.3 Å². The van der Waals surface area contributed by atoms with Crippen molar-refractivity contribution >= 4 is 23.8 Å². The number of nitrogens with two attached hydrogens (primary N) is 1. The molecule has 1 aromatic carbocycles. The van der Waals surface area contributed by atoms with Gasteiger partial charge < -0.3 is 25.7 Å². The molecule has 0 aromatic heterocycles. The summed E-state index contributed by atoms with van der Waals surface area (Å²) < 4.78 is 40.3. The minimum absolute atomic E-state index is 0.000928. The number of likely N-dealkylation sites (tertiary alicyclic amines) is 2. The van der Waals surface area contributed by atoms with Crippen molar-refractivity contribution in [2.45, 2.75) is 51.1 Å². The first kappa shape index (κ1) is 28.2. The van der Waals surface area contributed by atoms with Crippen LogP contribution >= 0.6 is 0 Å². The maximum absolute atomic E-state index is 13.8. The highest BCUT2D eigenvalue weighted by Crippen LogP contribution is 2.47. The Morgan fingerprint density at radius 2 is 1.65 bits per heavy atom. The average Bonchev–Trinajstić information content (AvgIpc) is 3.24. The highest BCUT2D eigenvalue weighted by atomic mass is 19.2. The molecule has 0 unspecified atom stereocenters. The molecule has 12 heteroatoms. The molecule has 2 heterocycles. The molecular weight excluding hydrogens is 495 g/mol. The van der Waals surface area contributed by atoms with E-state index in [-0.39, 0.29) is 47.6 Å². The van der Waals surface area contributed by atoms with Crippen molar-refractivity contribution in [3.63, 3.8) is 0 Å². The summed E-state index contributed by atoms with van der Waals surface area (Å²) in [6.07, 6.45) is 3.76. The first-order chi connectivity index (χ1) is 17.3. The second kappa shape index (κ2) is 11.3. The third-order valence-electron chi connectivity index (χ3n) is 7.05. The van der Waals surface area contributed by atoms with Gasteiger partial charge in [0.2, 0.25) is 11.8 Å². The van der Waals surface area contributed by atoms with Gasteiger partial charge in [-0.25, -0.2) is 22.8 Å². The van der Waals surface area contributed by atoms with E-state index in [4.69, 9.17) is 15.9 Å². The molecule has 2 aliphatic heterocycles. The molecule has 37 heavy (non-hydrogen) atoms. The van der Waals surface area contributed by atoms with Gasteiger partial charge in [-0.1, -0.05) is 6.92 Å². The molecule has 0 spiro atoms. The molecule has 2 saturated heterocycles. The van der Waals surface area contributed by atoms with Crippen LogP contribution in [0, 0.1) is 28.8 Å². The number of nitrogens with zero attached hydrogens (tertiary/aromatic N) is 2. The zero-order valence-electron chi connectivity index (χ0n) is 20.3. The lowest BCUT2D eigenvalue weighted by Gasteiger charge is -2.27. The van der Waals surface area contributed by atoms with E-state index in [0.29, 0.717) is 37.9 Å². The minimum Gasteiger partial charge on any atom is -0.478 e. The van der Waals surface area contributed by atoms with Crippen LogP contribution in [-0.4, -0.2) is 75.5 Å². The molecule has 0 bridgehead atoms. The number of carbonyl (C=O) groups excluding carboxylic acids is 2. The first-order valence-corrected chi connectivity index (χ1v) is 11.9. The molecule has 1 aliphatic carbocycles. The molecule has 3 fully saturated rings. The minimum atomic E-state index is -1.26. The van der Waals surface area contributed by atoms with E-state index >= 15 is 0 Å². The van der Waals surface area contributed by atoms with Gasteiger partial charge in [0.1, 0.15) is 5.82 Å². The van der Waals surface area contributed by atoms with Crippen molar-refractivity contribution in [1.82, 2.24) is 9.80 Å². The van der Waals surface area contributed by atoms with Crippen LogP contribution in [0.5, 0.6) is 0 Å². The number of hydrogen-bond acceptors (Lipinski definition) is 5. The summed E-state index contributed by atoms with van der Waals surface area (Å²) in [7, 11) is 0. The van der Waals surface area contributed by atoms with Gasteiger partial charge in [-0.2, -0.15) is 0 Å². The van der Waals surface area contributed by atoms with E-state index in [1.165, 1.54) is 0 Å². The Morgan fingerprint density at radius 1 is 1.05 bits per heavy atom. The number of rotatable bonds is 7. The highest BCUT2D eigenvalue weighted by molar-refractivity contribution is 5.89. The summed E-state index contributed by atoms with van der Waals surface area (Å²) in [5.74, 6) is -5.44. The Balaban J connectivity index is 0.000000414. The van der Waals surface area contributed by atoms with Gasteiger partial charge in [-0.15, -0.1) is 0 Å². The van der Waals surface area contributed by atoms with Crippen LogP contribution in [0.15, 0.2) is 24.3 Å². The van der Waals surface area contributed by atoms with Crippen LogP contribution in [0.2, 0.25) is 0 Å². The summed E-state index contributed by atoms with van der Waals surface area (Å²) in [5.41, 5.74) is 5.75. The van der Waals surface area contributed by atoms with Crippen LogP contribution in [0.4, 0.5) is 13.2 Å².